The summed E-state index contributed by atoms with van der Waals surface area (Å²) in [5.41, 5.74) is 0.416. The number of benzene rings is 2. The number of anilines is 2. The largest absolute Gasteiger partial charge is 0.478 e. The maximum absolute atomic E-state index is 14.5. The van der Waals surface area contributed by atoms with Gasteiger partial charge in [0.2, 0.25) is 0 Å². The van der Waals surface area contributed by atoms with E-state index in [4.69, 9.17) is 11.6 Å². The maximum Gasteiger partial charge on any atom is 0.338 e. The van der Waals surface area contributed by atoms with Crippen molar-refractivity contribution in [1.29, 1.82) is 0 Å². The van der Waals surface area contributed by atoms with Crippen LogP contribution in [0.25, 0.3) is 11.0 Å². The van der Waals surface area contributed by atoms with E-state index in [1.807, 2.05) is 0 Å². The lowest BCUT2D eigenvalue weighted by Crippen LogP contribution is -2.06. The highest BCUT2D eigenvalue weighted by atomic mass is 35.5. The van der Waals surface area contributed by atoms with Crippen LogP contribution in [-0.2, 0) is 0 Å². The van der Waals surface area contributed by atoms with Gasteiger partial charge in [0, 0.05) is 0 Å². The summed E-state index contributed by atoms with van der Waals surface area (Å²) in [5, 5.41) is 12.3. The van der Waals surface area contributed by atoms with E-state index < -0.39 is 11.8 Å². The highest BCUT2D eigenvalue weighted by molar-refractivity contribution is 6.33. The summed E-state index contributed by atoms with van der Waals surface area (Å²) in [6.45, 7) is 0. The second-order valence-corrected chi connectivity index (χ2v) is 4.73. The Morgan fingerprint density at radius 3 is 2.86 bits per heavy atom. The Hall–Kier alpha value is -2.60. The molecule has 0 unspecified atom stereocenters. The SMILES string of the molecule is O=C(O)c1cc2[nH]cnc2c(F)c1Nc1ccccc1Cl. The maximum atomic E-state index is 14.5. The number of hydrogen-bond acceptors (Lipinski definition) is 3. The molecule has 1 aromatic heterocycles. The number of halogens is 2. The van der Waals surface area contributed by atoms with Crippen LogP contribution < -0.4 is 5.32 Å². The van der Waals surface area contributed by atoms with Gasteiger partial charge in [-0.1, -0.05) is 23.7 Å². The molecule has 0 aliphatic carbocycles. The van der Waals surface area contributed by atoms with Crippen LogP contribution in [0, 0.1) is 5.82 Å². The van der Waals surface area contributed by atoms with E-state index in [1.165, 1.54) is 12.4 Å². The predicted octanol–water partition coefficient (Wildman–Crippen LogP) is 3.80. The molecular weight excluding hydrogens is 297 g/mol. The predicted molar refractivity (Wildman–Crippen MR) is 77.7 cm³/mol. The van der Waals surface area contributed by atoms with Crippen molar-refractivity contribution in [3.8, 4) is 0 Å². The van der Waals surface area contributed by atoms with Crippen molar-refractivity contribution in [3.63, 3.8) is 0 Å². The van der Waals surface area contributed by atoms with Crippen molar-refractivity contribution >= 4 is 40.0 Å². The Labute approximate surface area is 123 Å². The topological polar surface area (TPSA) is 78.0 Å². The highest BCUT2D eigenvalue weighted by Crippen LogP contribution is 2.32. The minimum absolute atomic E-state index is 0.0644. The van der Waals surface area contributed by atoms with Crippen molar-refractivity contribution in [3.05, 3.63) is 53.1 Å². The third-order valence-corrected chi connectivity index (χ3v) is 3.35. The number of aromatic carboxylic acids is 1. The van der Waals surface area contributed by atoms with E-state index in [0.717, 1.165) is 0 Å². The Morgan fingerprint density at radius 1 is 1.38 bits per heavy atom. The number of aromatic nitrogens is 2. The molecule has 0 aliphatic heterocycles. The molecule has 0 spiro atoms. The lowest BCUT2D eigenvalue weighted by atomic mass is 10.1. The second kappa shape index (κ2) is 5.06. The highest BCUT2D eigenvalue weighted by Gasteiger charge is 2.20. The van der Waals surface area contributed by atoms with E-state index in [9.17, 15) is 14.3 Å². The number of imidazole rings is 1. The number of hydrogen-bond donors (Lipinski definition) is 3. The number of H-pyrrole nitrogens is 1. The molecule has 21 heavy (non-hydrogen) atoms. The molecule has 7 heteroatoms. The van der Waals surface area contributed by atoms with Crippen molar-refractivity contribution < 1.29 is 14.3 Å². The molecule has 1 heterocycles. The number of carbonyl (C=O) groups is 1. The Kier molecular flexibility index (Phi) is 3.23. The zero-order chi connectivity index (χ0) is 15.0. The molecule has 3 rings (SSSR count). The molecule has 2 aromatic carbocycles. The summed E-state index contributed by atoms with van der Waals surface area (Å²) in [6.07, 6.45) is 1.30. The van der Waals surface area contributed by atoms with Gasteiger partial charge in [-0.25, -0.2) is 14.2 Å². The van der Waals surface area contributed by atoms with Gasteiger partial charge >= 0.3 is 5.97 Å². The van der Waals surface area contributed by atoms with Crippen LogP contribution >= 0.6 is 11.6 Å². The average molecular weight is 306 g/mol. The number of nitrogens with zero attached hydrogens (tertiary/aromatic N) is 1. The minimum atomic E-state index is -1.25. The second-order valence-electron chi connectivity index (χ2n) is 4.32. The Balaban J connectivity index is 2.20. The number of carboxylic acids is 1. The minimum Gasteiger partial charge on any atom is -0.478 e. The number of carboxylic acid groups (broad SMARTS) is 1. The molecule has 0 amide bonds. The van der Waals surface area contributed by atoms with E-state index in [0.29, 0.717) is 16.2 Å². The molecule has 5 nitrogen and oxygen atoms in total. The fourth-order valence-electron chi connectivity index (χ4n) is 2.03. The van der Waals surface area contributed by atoms with Gasteiger partial charge in [-0.15, -0.1) is 0 Å². The van der Waals surface area contributed by atoms with E-state index >= 15 is 0 Å². The molecule has 3 aromatic rings. The number of fused-ring (bicyclic) bond motifs is 1. The summed E-state index contributed by atoms with van der Waals surface area (Å²) in [5.74, 6) is -1.99. The number of aromatic amines is 1. The molecule has 0 saturated carbocycles. The van der Waals surface area contributed by atoms with Gasteiger partial charge in [0.25, 0.3) is 0 Å². The van der Waals surface area contributed by atoms with Crippen molar-refractivity contribution in [2.24, 2.45) is 0 Å². The molecule has 0 bridgehead atoms. The first-order valence-corrected chi connectivity index (χ1v) is 6.36. The number of nitrogens with one attached hydrogen (secondary N) is 2. The molecule has 0 fully saturated rings. The average Bonchev–Trinajstić information content (AvgIpc) is 2.92. The van der Waals surface area contributed by atoms with Crippen LogP contribution in [-0.4, -0.2) is 21.0 Å². The first-order chi connectivity index (χ1) is 10.1. The standard InChI is InChI=1S/C14H9ClFN3O2/c15-8-3-1-2-4-9(8)19-12-7(14(20)21)5-10-13(11(12)16)18-6-17-10/h1-6,19H,(H,17,18)(H,20,21). The quantitative estimate of drug-likeness (QED) is 0.688. The smallest absolute Gasteiger partial charge is 0.338 e. The molecule has 3 N–H and O–H groups in total. The van der Waals surface area contributed by atoms with Crippen LogP contribution in [0.4, 0.5) is 15.8 Å². The van der Waals surface area contributed by atoms with Gasteiger partial charge in [-0.3, -0.25) is 0 Å². The van der Waals surface area contributed by atoms with Gasteiger partial charge in [0.1, 0.15) is 5.52 Å². The summed E-state index contributed by atoms with van der Waals surface area (Å²) in [7, 11) is 0. The molecular formula is C14H9ClFN3O2. The molecule has 0 radical (unpaired) electrons. The third-order valence-electron chi connectivity index (χ3n) is 3.02. The van der Waals surface area contributed by atoms with E-state index in [2.05, 4.69) is 15.3 Å². The van der Waals surface area contributed by atoms with Crippen molar-refractivity contribution in [2.45, 2.75) is 0 Å². The number of para-hydroxylation sites is 1. The molecule has 0 atom stereocenters. The van der Waals surface area contributed by atoms with E-state index in [1.54, 1.807) is 24.3 Å². The third kappa shape index (κ3) is 2.30. The molecule has 0 saturated heterocycles. The molecule has 0 aliphatic rings. The van der Waals surface area contributed by atoms with Gasteiger partial charge in [0.05, 0.1) is 33.8 Å². The van der Waals surface area contributed by atoms with Crippen LogP contribution in [0.1, 0.15) is 10.4 Å². The summed E-state index contributed by atoms with van der Waals surface area (Å²) < 4.78 is 14.5. The van der Waals surface area contributed by atoms with Crippen molar-refractivity contribution in [2.75, 3.05) is 5.32 Å². The van der Waals surface area contributed by atoms with Gasteiger partial charge in [-0.2, -0.15) is 0 Å². The lowest BCUT2D eigenvalue weighted by molar-refractivity contribution is 0.0697. The van der Waals surface area contributed by atoms with Gasteiger partial charge in [-0.05, 0) is 18.2 Å². The van der Waals surface area contributed by atoms with Crippen molar-refractivity contribution in [1.82, 2.24) is 9.97 Å². The van der Waals surface area contributed by atoms with Gasteiger partial charge < -0.3 is 15.4 Å². The van der Waals surface area contributed by atoms with Crippen LogP contribution in [0.15, 0.2) is 36.7 Å². The van der Waals surface area contributed by atoms with Crippen LogP contribution in [0.3, 0.4) is 0 Å². The number of rotatable bonds is 3. The van der Waals surface area contributed by atoms with Crippen LogP contribution in [0.5, 0.6) is 0 Å². The Morgan fingerprint density at radius 2 is 2.14 bits per heavy atom. The zero-order valence-corrected chi connectivity index (χ0v) is 11.3. The van der Waals surface area contributed by atoms with Crippen LogP contribution in [0.2, 0.25) is 5.02 Å². The summed E-state index contributed by atoms with van der Waals surface area (Å²) in [6, 6.07) is 8.00. The zero-order valence-electron chi connectivity index (χ0n) is 10.5. The van der Waals surface area contributed by atoms with E-state index in [-0.39, 0.29) is 16.8 Å². The van der Waals surface area contributed by atoms with Gasteiger partial charge in [0.15, 0.2) is 5.82 Å². The lowest BCUT2D eigenvalue weighted by Gasteiger charge is -2.12. The first kappa shape index (κ1) is 13.4. The Bertz CT molecular complexity index is 847. The summed E-state index contributed by atoms with van der Waals surface area (Å²) >= 11 is 6.00. The fourth-order valence-corrected chi connectivity index (χ4v) is 2.21. The summed E-state index contributed by atoms with van der Waals surface area (Å²) in [4.78, 5) is 17.9. The normalized spacial score (nSPS) is 10.8. The fraction of sp³-hybridized carbons (Fsp3) is 0. The monoisotopic (exact) mass is 305 g/mol. The molecule has 106 valence electrons. The first-order valence-electron chi connectivity index (χ1n) is 5.98.